The van der Waals surface area contributed by atoms with Crippen molar-refractivity contribution in [2.24, 2.45) is 0 Å². The summed E-state index contributed by atoms with van der Waals surface area (Å²) in [4.78, 5) is 24.2. The number of alkyl halides is 3. The highest BCUT2D eigenvalue weighted by Crippen LogP contribution is 2.28. The van der Waals surface area contributed by atoms with Crippen molar-refractivity contribution in [2.45, 2.75) is 51.3 Å². The number of rotatable bonds is 9. The highest BCUT2D eigenvalue weighted by Gasteiger charge is 2.42. The van der Waals surface area contributed by atoms with Gasteiger partial charge < -0.3 is 14.6 Å². The Kier molecular flexibility index (Phi) is 8.26. The fourth-order valence-electron chi connectivity index (χ4n) is 2.67. The number of phenolic OH excluding ortho intramolecular Hbond substituents is 1. The zero-order chi connectivity index (χ0) is 22.1. The molecule has 0 saturated carbocycles. The molecule has 2 aromatic carbocycles. The average Bonchev–Trinajstić information content (AvgIpc) is 2.70. The summed E-state index contributed by atoms with van der Waals surface area (Å²) in [5.74, 6) is -1.67. The molecule has 0 fully saturated rings. The third-order valence-electron chi connectivity index (χ3n) is 4.34. The van der Waals surface area contributed by atoms with E-state index in [4.69, 9.17) is 4.74 Å². The number of hydrogen-bond donors (Lipinski definition) is 1. The number of benzene rings is 2. The summed E-state index contributed by atoms with van der Waals surface area (Å²) in [6, 6.07) is 10.4. The number of unbranched alkanes of at least 4 members (excludes halogenated alkanes) is 3. The van der Waals surface area contributed by atoms with Gasteiger partial charge in [-0.15, -0.1) is 0 Å². The van der Waals surface area contributed by atoms with E-state index >= 15 is 0 Å². The summed E-state index contributed by atoms with van der Waals surface area (Å²) in [5, 5.41) is 9.23. The van der Waals surface area contributed by atoms with Crippen LogP contribution >= 0.6 is 0 Å². The summed E-state index contributed by atoms with van der Waals surface area (Å²) in [7, 11) is 0. The van der Waals surface area contributed by atoms with E-state index in [2.05, 4.69) is 4.74 Å². The minimum atomic E-state index is -4.64. The predicted molar refractivity (Wildman–Crippen MR) is 104 cm³/mol. The van der Waals surface area contributed by atoms with Crippen molar-refractivity contribution in [3.8, 4) is 11.5 Å². The summed E-state index contributed by atoms with van der Waals surface area (Å²) < 4.78 is 49.3. The molecule has 0 aliphatic rings. The predicted octanol–water partition coefficient (Wildman–Crippen LogP) is 5.67. The quantitative estimate of drug-likeness (QED) is 0.319. The van der Waals surface area contributed by atoms with Gasteiger partial charge >= 0.3 is 18.1 Å². The lowest BCUT2D eigenvalue weighted by atomic mass is 10.1. The standard InChI is InChI=1S/C22H23F3O5/c1-2-3-4-5-6-19(22(23,24)25)30-21(28)16-9-13-18(14-10-16)29-20(27)15-7-11-17(26)12-8-15/h7-14,19,26H,2-6H2,1H3/t19-/m0/s1. The number of halogens is 3. The summed E-state index contributed by atoms with van der Waals surface area (Å²) >= 11 is 0. The van der Waals surface area contributed by atoms with Crippen LogP contribution in [0.15, 0.2) is 48.5 Å². The molecule has 0 heterocycles. The number of hydrogen-bond acceptors (Lipinski definition) is 5. The Morgan fingerprint density at radius 3 is 2.03 bits per heavy atom. The molecule has 2 rings (SSSR count). The Morgan fingerprint density at radius 1 is 0.900 bits per heavy atom. The van der Waals surface area contributed by atoms with Gasteiger partial charge in [0.1, 0.15) is 11.5 Å². The second-order valence-corrected chi connectivity index (χ2v) is 6.75. The second kappa shape index (κ2) is 10.7. The first-order chi connectivity index (χ1) is 14.2. The van der Waals surface area contributed by atoms with E-state index < -0.39 is 24.2 Å². The molecule has 1 atom stereocenters. The van der Waals surface area contributed by atoms with Crippen LogP contribution in [0.5, 0.6) is 11.5 Å². The zero-order valence-corrected chi connectivity index (χ0v) is 16.4. The third-order valence-corrected chi connectivity index (χ3v) is 4.34. The summed E-state index contributed by atoms with van der Waals surface area (Å²) in [5.41, 5.74) is 0.120. The summed E-state index contributed by atoms with van der Waals surface area (Å²) in [6.45, 7) is 1.95. The van der Waals surface area contributed by atoms with Gasteiger partial charge in [-0.05, 0) is 61.4 Å². The van der Waals surface area contributed by atoms with E-state index in [1.54, 1.807) is 0 Å². The van der Waals surface area contributed by atoms with Crippen LogP contribution in [0.3, 0.4) is 0 Å². The molecular formula is C22H23F3O5. The van der Waals surface area contributed by atoms with Gasteiger partial charge in [0.15, 0.2) is 6.10 Å². The maximum atomic E-state index is 13.1. The maximum absolute atomic E-state index is 13.1. The van der Waals surface area contributed by atoms with Crippen molar-refractivity contribution < 1.29 is 37.3 Å². The van der Waals surface area contributed by atoms with Crippen molar-refractivity contribution in [3.63, 3.8) is 0 Å². The van der Waals surface area contributed by atoms with Crippen molar-refractivity contribution in [1.29, 1.82) is 0 Å². The highest BCUT2D eigenvalue weighted by atomic mass is 19.4. The smallest absolute Gasteiger partial charge is 0.425 e. The molecule has 1 N–H and O–H groups in total. The summed E-state index contributed by atoms with van der Waals surface area (Å²) in [6.07, 6.45) is -4.41. The Labute approximate surface area is 172 Å². The second-order valence-electron chi connectivity index (χ2n) is 6.75. The lowest BCUT2D eigenvalue weighted by Crippen LogP contribution is -2.33. The van der Waals surface area contributed by atoms with Crippen molar-refractivity contribution in [2.75, 3.05) is 0 Å². The van der Waals surface area contributed by atoms with E-state index in [-0.39, 0.29) is 29.0 Å². The first kappa shape index (κ1) is 23.3. The lowest BCUT2D eigenvalue weighted by molar-refractivity contribution is -0.206. The van der Waals surface area contributed by atoms with Crippen LogP contribution in [0, 0.1) is 0 Å². The minimum absolute atomic E-state index is 0.00283. The monoisotopic (exact) mass is 424 g/mol. The SMILES string of the molecule is CCCCCC[C@H](OC(=O)c1ccc(OC(=O)c2ccc(O)cc2)cc1)C(F)(F)F. The van der Waals surface area contributed by atoms with Crippen LogP contribution in [0.4, 0.5) is 13.2 Å². The van der Waals surface area contributed by atoms with E-state index in [0.717, 1.165) is 12.8 Å². The molecule has 8 heteroatoms. The highest BCUT2D eigenvalue weighted by molar-refractivity contribution is 5.92. The molecule has 2 aromatic rings. The number of ether oxygens (including phenoxy) is 2. The molecule has 0 saturated heterocycles. The van der Waals surface area contributed by atoms with Crippen LogP contribution in [0.2, 0.25) is 0 Å². The Hall–Kier alpha value is -3.03. The molecule has 0 aliphatic heterocycles. The molecule has 5 nitrogen and oxygen atoms in total. The Balaban J connectivity index is 1.97. The van der Waals surface area contributed by atoms with Gasteiger partial charge in [0.2, 0.25) is 0 Å². The molecule has 0 amide bonds. The van der Waals surface area contributed by atoms with Crippen molar-refractivity contribution in [3.05, 3.63) is 59.7 Å². The molecule has 0 aliphatic carbocycles. The van der Waals surface area contributed by atoms with Crippen LogP contribution < -0.4 is 4.74 Å². The zero-order valence-electron chi connectivity index (χ0n) is 16.4. The van der Waals surface area contributed by atoms with E-state index in [1.165, 1.54) is 48.5 Å². The molecular weight excluding hydrogens is 401 g/mol. The molecule has 0 radical (unpaired) electrons. The normalized spacial score (nSPS) is 12.3. The fraction of sp³-hybridized carbons (Fsp3) is 0.364. The first-order valence-corrected chi connectivity index (χ1v) is 9.59. The van der Waals surface area contributed by atoms with Crippen molar-refractivity contribution in [1.82, 2.24) is 0 Å². The van der Waals surface area contributed by atoms with Crippen LogP contribution in [0.25, 0.3) is 0 Å². The number of carbonyl (C=O) groups excluding carboxylic acids is 2. The number of phenols is 1. The topological polar surface area (TPSA) is 72.8 Å². The lowest BCUT2D eigenvalue weighted by Gasteiger charge is -2.20. The van der Waals surface area contributed by atoms with E-state index in [9.17, 15) is 27.9 Å². The van der Waals surface area contributed by atoms with Crippen LogP contribution in [-0.2, 0) is 4.74 Å². The van der Waals surface area contributed by atoms with Crippen LogP contribution in [0.1, 0.15) is 59.7 Å². The van der Waals surface area contributed by atoms with E-state index in [1.807, 2.05) is 6.92 Å². The van der Waals surface area contributed by atoms with Gasteiger partial charge in [-0.1, -0.05) is 26.2 Å². The maximum Gasteiger partial charge on any atom is 0.425 e. The van der Waals surface area contributed by atoms with E-state index in [0.29, 0.717) is 12.8 Å². The Morgan fingerprint density at radius 2 is 1.47 bits per heavy atom. The molecule has 0 aromatic heterocycles. The molecule has 30 heavy (non-hydrogen) atoms. The number of esters is 2. The number of aromatic hydroxyl groups is 1. The van der Waals surface area contributed by atoms with Gasteiger partial charge in [0, 0.05) is 0 Å². The van der Waals surface area contributed by atoms with Gasteiger partial charge in [0.25, 0.3) is 0 Å². The van der Waals surface area contributed by atoms with Crippen molar-refractivity contribution >= 4 is 11.9 Å². The van der Waals surface area contributed by atoms with Gasteiger partial charge in [-0.2, -0.15) is 13.2 Å². The van der Waals surface area contributed by atoms with Gasteiger partial charge in [0.05, 0.1) is 11.1 Å². The first-order valence-electron chi connectivity index (χ1n) is 9.59. The third kappa shape index (κ3) is 7.09. The molecule has 0 bridgehead atoms. The molecule has 0 unspecified atom stereocenters. The number of carbonyl (C=O) groups is 2. The van der Waals surface area contributed by atoms with Gasteiger partial charge in [-0.25, -0.2) is 9.59 Å². The fourth-order valence-corrected chi connectivity index (χ4v) is 2.67. The molecule has 0 spiro atoms. The Bertz CT molecular complexity index is 829. The van der Waals surface area contributed by atoms with Crippen LogP contribution in [-0.4, -0.2) is 29.3 Å². The minimum Gasteiger partial charge on any atom is -0.508 e. The molecule has 162 valence electrons. The average molecular weight is 424 g/mol. The van der Waals surface area contributed by atoms with Gasteiger partial charge in [-0.3, -0.25) is 0 Å². The largest absolute Gasteiger partial charge is 0.508 e.